The quantitative estimate of drug-likeness (QED) is 0.428. The minimum absolute atomic E-state index is 0.247. The van der Waals surface area contributed by atoms with Gasteiger partial charge >= 0.3 is 0 Å². The second-order valence-electron chi connectivity index (χ2n) is 8.45. The fourth-order valence-corrected chi connectivity index (χ4v) is 4.92. The Balaban J connectivity index is 1.27. The molecule has 3 aromatic carbocycles. The predicted molar refractivity (Wildman–Crippen MR) is 123 cm³/mol. The zero-order chi connectivity index (χ0) is 21.2. The number of carbonyl (C=O) groups is 1. The summed E-state index contributed by atoms with van der Waals surface area (Å²) in [6, 6.07) is 23.1. The first-order valence-corrected chi connectivity index (χ1v) is 11.2. The van der Waals surface area contributed by atoms with Crippen molar-refractivity contribution in [3.8, 4) is 0 Å². The van der Waals surface area contributed by atoms with Gasteiger partial charge in [0.1, 0.15) is 17.4 Å². The van der Waals surface area contributed by atoms with Gasteiger partial charge in [0, 0.05) is 31.7 Å². The van der Waals surface area contributed by atoms with Crippen LogP contribution >= 0.6 is 0 Å². The first-order chi connectivity index (χ1) is 15.2. The molecule has 1 aliphatic rings. The van der Waals surface area contributed by atoms with E-state index in [4.69, 9.17) is 0 Å². The molecule has 1 heterocycles. The molecule has 0 saturated heterocycles. The van der Waals surface area contributed by atoms with Crippen LogP contribution in [0.5, 0.6) is 0 Å². The first kappa shape index (κ1) is 19.7. The van der Waals surface area contributed by atoms with Crippen molar-refractivity contribution in [1.82, 2.24) is 14.8 Å². The largest absolute Gasteiger partial charge is 0.315 e. The fraction of sp³-hybridized carbons (Fsp3) is 0.296. The molecule has 0 amide bonds. The molecule has 0 saturated carbocycles. The molecule has 1 aromatic heterocycles. The molecule has 4 heteroatoms. The van der Waals surface area contributed by atoms with Crippen molar-refractivity contribution in [2.75, 3.05) is 0 Å². The second kappa shape index (κ2) is 8.46. The number of aryl methyl sites for hydroxylation is 1. The molecule has 4 aromatic rings. The molecule has 4 nitrogen and oxygen atoms in total. The van der Waals surface area contributed by atoms with Gasteiger partial charge in [-0.2, -0.15) is 0 Å². The van der Waals surface area contributed by atoms with Crippen molar-refractivity contribution in [1.29, 1.82) is 0 Å². The summed E-state index contributed by atoms with van der Waals surface area (Å²) in [6.45, 7) is 2.97. The number of hydrogen-bond donors (Lipinski definition) is 0. The summed E-state index contributed by atoms with van der Waals surface area (Å²) in [7, 11) is 0. The minimum Gasteiger partial charge on any atom is -0.315 e. The smallest absolute Gasteiger partial charge is 0.137 e. The molecule has 0 aliphatic heterocycles. The van der Waals surface area contributed by atoms with Crippen LogP contribution in [0, 0.1) is 0 Å². The Morgan fingerprint density at radius 2 is 1.65 bits per heavy atom. The van der Waals surface area contributed by atoms with Crippen molar-refractivity contribution in [2.24, 2.45) is 0 Å². The lowest BCUT2D eigenvalue weighted by molar-refractivity contribution is -0.118. The van der Waals surface area contributed by atoms with E-state index in [1.54, 1.807) is 0 Å². The number of carbonyl (C=O) groups excluding carboxylic acids is 1. The van der Waals surface area contributed by atoms with Crippen LogP contribution in [0.4, 0.5) is 0 Å². The van der Waals surface area contributed by atoms with Crippen molar-refractivity contribution < 1.29 is 4.79 Å². The van der Waals surface area contributed by atoms with E-state index in [2.05, 4.69) is 70.2 Å². The van der Waals surface area contributed by atoms with Gasteiger partial charge in [0.05, 0.1) is 0 Å². The van der Waals surface area contributed by atoms with Crippen molar-refractivity contribution in [3.63, 3.8) is 0 Å². The van der Waals surface area contributed by atoms with Gasteiger partial charge in [0.15, 0.2) is 0 Å². The Morgan fingerprint density at radius 3 is 2.42 bits per heavy atom. The Bertz CT molecular complexity index is 1210. The van der Waals surface area contributed by atoms with Gasteiger partial charge in [-0.25, -0.2) is 0 Å². The number of fused-ring (bicyclic) bond motifs is 2. The lowest BCUT2D eigenvalue weighted by atomic mass is 9.99. The van der Waals surface area contributed by atoms with Crippen LogP contribution in [0.25, 0.3) is 10.8 Å². The number of nitrogens with zero attached hydrogens (tertiary/aromatic N) is 3. The number of rotatable bonds is 7. The lowest BCUT2D eigenvalue weighted by Crippen LogP contribution is -2.12. The van der Waals surface area contributed by atoms with E-state index < -0.39 is 0 Å². The number of benzene rings is 3. The minimum atomic E-state index is 0.247. The SMILES string of the molecule is CCn1c(CCC(=O)Cc2cccc3ccccc23)nnc1C1Cc2ccccc2C1. The Labute approximate surface area is 182 Å². The van der Waals surface area contributed by atoms with Crippen LogP contribution < -0.4 is 0 Å². The third-order valence-corrected chi connectivity index (χ3v) is 6.48. The highest BCUT2D eigenvalue weighted by Gasteiger charge is 2.27. The standard InChI is InChI=1S/C27H27N3O/c1-2-30-26(28-29-27(30)23-16-20-9-3-4-10-21(20)17-23)15-14-24(31)18-22-12-7-11-19-8-5-6-13-25(19)22/h3-13,23H,2,14-18H2,1H3. The molecule has 0 spiro atoms. The van der Waals surface area contributed by atoms with Crippen molar-refractivity contribution >= 4 is 16.6 Å². The average Bonchev–Trinajstić information content (AvgIpc) is 3.41. The number of ketones is 1. The van der Waals surface area contributed by atoms with E-state index in [9.17, 15) is 4.79 Å². The van der Waals surface area contributed by atoms with Crippen LogP contribution in [0.2, 0.25) is 0 Å². The summed E-state index contributed by atoms with van der Waals surface area (Å²) in [4.78, 5) is 12.8. The second-order valence-corrected chi connectivity index (χ2v) is 8.45. The van der Waals surface area contributed by atoms with Crippen LogP contribution in [0.3, 0.4) is 0 Å². The van der Waals surface area contributed by atoms with Crippen LogP contribution in [0.1, 0.15) is 47.6 Å². The van der Waals surface area contributed by atoms with Gasteiger partial charge in [-0.05, 0) is 47.2 Å². The maximum atomic E-state index is 12.8. The summed E-state index contributed by atoms with van der Waals surface area (Å²) in [5, 5.41) is 11.4. The van der Waals surface area contributed by atoms with Gasteiger partial charge in [-0.15, -0.1) is 10.2 Å². The molecule has 0 bridgehead atoms. The monoisotopic (exact) mass is 409 g/mol. The third-order valence-electron chi connectivity index (χ3n) is 6.48. The molecule has 31 heavy (non-hydrogen) atoms. The van der Waals surface area contributed by atoms with Crippen molar-refractivity contribution in [2.45, 2.75) is 51.5 Å². The van der Waals surface area contributed by atoms with E-state index in [-0.39, 0.29) is 5.78 Å². The Kier molecular flexibility index (Phi) is 5.37. The van der Waals surface area contributed by atoms with Gasteiger partial charge in [0.2, 0.25) is 0 Å². The van der Waals surface area contributed by atoms with Crippen molar-refractivity contribution in [3.05, 3.63) is 95.1 Å². The molecule has 0 fully saturated rings. The summed E-state index contributed by atoms with van der Waals surface area (Å²) in [6.07, 6.45) is 3.64. The van der Waals surface area contributed by atoms with E-state index >= 15 is 0 Å². The average molecular weight is 410 g/mol. The highest BCUT2D eigenvalue weighted by Crippen LogP contribution is 2.33. The highest BCUT2D eigenvalue weighted by atomic mass is 16.1. The maximum Gasteiger partial charge on any atom is 0.137 e. The van der Waals surface area contributed by atoms with Gasteiger partial charge in [-0.3, -0.25) is 4.79 Å². The van der Waals surface area contributed by atoms with E-state index in [0.29, 0.717) is 25.2 Å². The zero-order valence-electron chi connectivity index (χ0n) is 17.9. The number of hydrogen-bond acceptors (Lipinski definition) is 3. The van der Waals surface area contributed by atoms with E-state index in [1.165, 1.54) is 16.5 Å². The van der Waals surface area contributed by atoms with Crippen LogP contribution in [-0.4, -0.2) is 20.5 Å². The first-order valence-electron chi connectivity index (χ1n) is 11.2. The van der Waals surface area contributed by atoms with Gasteiger partial charge < -0.3 is 4.57 Å². The predicted octanol–water partition coefficient (Wildman–Crippen LogP) is 5.08. The molecular weight excluding hydrogens is 382 g/mol. The molecular formula is C27H27N3O. The lowest BCUT2D eigenvalue weighted by Gasteiger charge is -2.12. The van der Waals surface area contributed by atoms with Gasteiger partial charge in [-0.1, -0.05) is 66.7 Å². The molecule has 0 unspecified atom stereocenters. The summed E-state index contributed by atoms with van der Waals surface area (Å²) in [5.41, 5.74) is 3.94. The molecule has 0 atom stereocenters. The van der Waals surface area contributed by atoms with E-state index in [1.807, 2.05) is 18.2 Å². The van der Waals surface area contributed by atoms with E-state index in [0.717, 1.165) is 42.0 Å². The zero-order valence-corrected chi connectivity index (χ0v) is 17.9. The summed E-state index contributed by atoms with van der Waals surface area (Å²) < 4.78 is 2.22. The van der Waals surface area contributed by atoms with Crippen LogP contribution in [-0.2, 0) is 37.0 Å². The topological polar surface area (TPSA) is 47.8 Å². The highest BCUT2D eigenvalue weighted by molar-refractivity contribution is 5.90. The number of aromatic nitrogens is 3. The Morgan fingerprint density at radius 1 is 0.935 bits per heavy atom. The normalized spacial score (nSPS) is 13.6. The molecule has 156 valence electrons. The molecule has 1 aliphatic carbocycles. The fourth-order valence-electron chi connectivity index (χ4n) is 4.92. The summed E-state index contributed by atoms with van der Waals surface area (Å²) in [5.74, 6) is 2.62. The van der Waals surface area contributed by atoms with Crippen LogP contribution in [0.15, 0.2) is 66.7 Å². The maximum absolute atomic E-state index is 12.8. The molecule has 5 rings (SSSR count). The molecule has 0 N–H and O–H groups in total. The summed E-state index contributed by atoms with van der Waals surface area (Å²) >= 11 is 0. The Hall–Kier alpha value is -3.27. The third kappa shape index (κ3) is 3.90. The molecule has 0 radical (unpaired) electrons. The van der Waals surface area contributed by atoms with Gasteiger partial charge in [0.25, 0.3) is 0 Å². The number of Topliss-reactive ketones (excluding diaryl/α,β-unsaturated/α-hetero) is 1.